The predicted octanol–water partition coefficient (Wildman–Crippen LogP) is -0.163. The number of hydrogen-bond acceptors (Lipinski definition) is 4. The van der Waals surface area contributed by atoms with Crippen LogP contribution in [0.1, 0.15) is 6.92 Å². The number of ether oxygens (including phenoxy) is 1. The molecule has 1 rings (SSSR count). The van der Waals surface area contributed by atoms with E-state index in [9.17, 15) is 9.18 Å². The molecule has 0 bridgehead atoms. The molecule has 0 aliphatic carbocycles. The Morgan fingerprint density at radius 2 is 2.64 bits per heavy atom. The van der Waals surface area contributed by atoms with Crippen molar-refractivity contribution in [1.29, 1.82) is 0 Å². The van der Waals surface area contributed by atoms with Gasteiger partial charge < -0.3 is 10.2 Å². The van der Waals surface area contributed by atoms with Crippen LogP contribution in [-0.4, -0.2) is 18.9 Å². The van der Waals surface area contributed by atoms with E-state index >= 15 is 0 Å². The highest BCUT2D eigenvalue weighted by atomic mass is 19.1. The fraction of sp³-hybridized carbons (Fsp3) is 0.500. The summed E-state index contributed by atoms with van der Waals surface area (Å²) in [6.07, 6.45) is -0.211. The number of alkyl halides is 1. The lowest BCUT2D eigenvalue weighted by molar-refractivity contribution is -0.139. The van der Waals surface area contributed by atoms with Crippen molar-refractivity contribution in [3.05, 3.63) is 11.8 Å². The first-order valence-corrected chi connectivity index (χ1v) is 3.28. The number of rotatable bonds is 2. The largest absolute Gasteiger partial charge is 0.462 e. The Morgan fingerprint density at radius 1 is 1.91 bits per heavy atom. The smallest absolute Gasteiger partial charge is 0.339 e. The zero-order valence-electron chi connectivity index (χ0n) is 6.06. The maximum absolute atomic E-state index is 12.6. The molecule has 0 amide bonds. The molecule has 1 heterocycles. The van der Waals surface area contributed by atoms with Crippen LogP contribution >= 0.6 is 0 Å². The molecule has 2 N–H and O–H groups in total. The molecule has 0 aromatic rings. The molecular weight excluding hydrogens is 151 g/mol. The monoisotopic (exact) mass is 160 g/mol. The Kier molecular flexibility index (Phi) is 2.43. The quantitative estimate of drug-likeness (QED) is 0.435. The van der Waals surface area contributed by atoms with Crippen molar-refractivity contribution in [2.75, 3.05) is 6.61 Å². The minimum atomic E-state index is -1.46. The molecule has 0 fully saturated rings. The molecule has 0 aromatic heterocycles. The SMILES string of the molecule is CCOC(=O)C1=CNNC1F. The second-order valence-electron chi connectivity index (χ2n) is 1.97. The van der Waals surface area contributed by atoms with Crippen molar-refractivity contribution < 1.29 is 13.9 Å². The molecule has 0 aromatic carbocycles. The summed E-state index contributed by atoms with van der Waals surface area (Å²) in [4.78, 5) is 10.8. The molecule has 0 saturated heterocycles. The summed E-state index contributed by atoms with van der Waals surface area (Å²) in [6, 6.07) is 0. The standard InChI is InChI=1S/C6H9FN2O2/c1-2-11-6(10)4-3-8-9-5(4)7/h3,5,8-9H,2H2,1H3. The molecule has 62 valence electrons. The van der Waals surface area contributed by atoms with Crippen LogP contribution in [0, 0.1) is 0 Å². The van der Waals surface area contributed by atoms with Gasteiger partial charge in [0.05, 0.1) is 6.61 Å². The van der Waals surface area contributed by atoms with Gasteiger partial charge >= 0.3 is 5.97 Å². The van der Waals surface area contributed by atoms with Gasteiger partial charge in [-0.2, -0.15) is 0 Å². The lowest BCUT2D eigenvalue weighted by Crippen LogP contribution is -2.29. The highest BCUT2D eigenvalue weighted by Crippen LogP contribution is 2.08. The summed E-state index contributed by atoms with van der Waals surface area (Å²) in [7, 11) is 0. The first-order valence-electron chi connectivity index (χ1n) is 3.28. The fourth-order valence-electron chi connectivity index (χ4n) is 0.720. The molecule has 5 heteroatoms. The van der Waals surface area contributed by atoms with E-state index in [-0.39, 0.29) is 12.2 Å². The van der Waals surface area contributed by atoms with Gasteiger partial charge in [0.1, 0.15) is 5.57 Å². The molecule has 4 nitrogen and oxygen atoms in total. The molecule has 1 atom stereocenters. The third-order valence-corrected chi connectivity index (χ3v) is 1.22. The highest BCUT2D eigenvalue weighted by Gasteiger charge is 2.24. The Labute approximate surface area is 63.4 Å². The van der Waals surface area contributed by atoms with E-state index in [1.54, 1.807) is 6.92 Å². The Hall–Kier alpha value is -1.10. The first kappa shape index (κ1) is 8.00. The van der Waals surface area contributed by atoms with Gasteiger partial charge in [0, 0.05) is 6.20 Å². The maximum atomic E-state index is 12.6. The van der Waals surface area contributed by atoms with Gasteiger partial charge in [-0.25, -0.2) is 14.6 Å². The number of esters is 1. The molecule has 0 radical (unpaired) electrons. The van der Waals surface area contributed by atoms with Crippen molar-refractivity contribution in [3.63, 3.8) is 0 Å². The second kappa shape index (κ2) is 3.34. The number of carbonyl (C=O) groups excluding carboxylic acids is 1. The van der Waals surface area contributed by atoms with E-state index in [0.717, 1.165) is 0 Å². The minimum absolute atomic E-state index is 0.0214. The summed E-state index contributed by atoms with van der Waals surface area (Å²) in [5, 5.41) is 0. The Morgan fingerprint density at radius 3 is 3.09 bits per heavy atom. The Bertz CT molecular complexity index is 193. The molecule has 1 aliphatic heterocycles. The van der Waals surface area contributed by atoms with Crippen LogP contribution in [0.5, 0.6) is 0 Å². The van der Waals surface area contributed by atoms with Crippen LogP contribution in [0.3, 0.4) is 0 Å². The minimum Gasteiger partial charge on any atom is -0.462 e. The number of nitrogens with one attached hydrogen (secondary N) is 2. The van der Waals surface area contributed by atoms with Gasteiger partial charge in [0.15, 0.2) is 0 Å². The average molecular weight is 160 g/mol. The van der Waals surface area contributed by atoms with Crippen molar-refractivity contribution in [3.8, 4) is 0 Å². The molecular formula is C6H9FN2O2. The topological polar surface area (TPSA) is 50.4 Å². The lowest BCUT2D eigenvalue weighted by Gasteiger charge is -2.03. The van der Waals surface area contributed by atoms with Gasteiger partial charge in [-0.05, 0) is 6.92 Å². The van der Waals surface area contributed by atoms with E-state index in [0.29, 0.717) is 0 Å². The Balaban J connectivity index is 2.52. The van der Waals surface area contributed by atoms with Crippen LogP contribution in [-0.2, 0) is 9.53 Å². The number of hydrogen-bond donors (Lipinski definition) is 2. The van der Waals surface area contributed by atoms with Crippen molar-refractivity contribution >= 4 is 5.97 Å². The summed E-state index contributed by atoms with van der Waals surface area (Å²) in [5.41, 5.74) is 4.55. The summed E-state index contributed by atoms with van der Waals surface area (Å²) < 4.78 is 17.2. The summed E-state index contributed by atoms with van der Waals surface area (Å²) in [5.74, 6) is -0.627. The highest BCUT2D eigenvalue weighted by molar-refractivity contribution is 5.89. The van der Waals surface area contributed by atoms with Gasteiger partial charge in [0.25, 0.3) is 0 Å². The molecule has 11 heavy (non-hydrogen) atoms. The zero-order chi connectivity index (χ0) is 8.27. The number of carbonyl (C=O) groups is 1. The van der Waals surface area contributed by atoms with E-state index in [1.165, 1.54) is 6.20 Å². The van der Waals surface area contributed by atoms with Gasteiger partial charge in [0.2, 0.25) is 6.30 Å². The van der Waals surface area contributed by atoms with Crippen molar-refractivity contribution in [1.82, 2.24) is 10.9 Å². The van der Waals surface area contributed by atoms with E-state index < -0.39 is 12.3 Å². The van der Waals surface area contributed by atoms with E-state index in [4.69, 9.17) is 0 Å². The van der Waals surface area contributed by atoms with Gasteiger partial charge in [-0.3, -0.25) is 0 Å². The molecule has 0 saturated carbocycles. The van der Waals surface area contributed by atoms with E-state index in [2.05, 4.69) is 15.6 Å². The van der Waals surface area contributed by atoms with Crippen LogP contribution in [0.4, 0.5) is 4.39 Å². The maximum Gasteiger partial charge on any atom is 0.339 e. The number of halogens is 1. The fourth-order valence-corrected chi connectivity index (χ4v) is 0.720. The van der Waals surface area contributed by atoms with Gasteiger partial charge in [-0.15, -0.1) is 0 Å². The lowest BCUT2D eigenvalue weighted by atomic mass is 10.3. The number of hydrazine groups is 1. The van der Waals surface area contributed by atoms with Crippen LogP contribution in [0.15, 0.2) is 11.8 Å². The van der Waals surface area contributed by atoms with Crippen LogP contribution < -0.4 is 10.9 Å². The van der Waals surface area contributed by atoms with Crippen LogP contribution in [0.2, 0.25) is 0 Å². The van der Waals surface area contributed by atoms with Crippen molar-refractivity contribution in [2.24, 2.45) is 0 Å². The first-order chi connectivity index (χ1) is 5.25. The average Bonchev–Trinajstić information content (AvgIpc) is 2.36. The molecule has 0 spiro atoms. The van der Waals surface area contributed by atoms with Gasteiger partial charge in [-0.1, -0.05) is 0 Å². The molecule has 1 aliphatic rings. The zero-order valence-corrected chi connectivity index (χ0v) is 6.06. The van der Waals surface area contributed by atoms with Crippen molar-refractivity contribution in [2.45, 2.75) is 13.2 Å². The third-order valence-electron chi connectivity index (χ3n) is 1.22. The summed E-state index contributed by atoms with van der Waals surface area (Å²) >= 11 is 0. The normalized spacial score (nSPS) is 22.4. The third kappa shape index (κ3) is 1.68. The summed E-state index contributed by atoms with van der Waals surface area (Å²) in [6.45, 7) is 1.92. The molecule has 1 unspecified atom stereocenters. The van der Waals surface area contributed by atoms with Crippen LogP contribution in [0.25, 0.3) is 0 Å². The van der Waals surface area contributed by atoms with E-state index in [1.807, 2.05) is 0 Å². The second-order valence-corrected chi connectivity index (χ2v) is 1.97. The predicted molar refractivity (Wildman–Crippen MR) is 35.9 cm³/mol.